The Kier molecular flexibility index (Phi) is 36.1. The van der Waals surface area contributed by atoms with Crippen LogP contribution in [0.3, 0.4) is 0 Å². The van der Waals surface area contributed by atoms with Gasteiger partial charge in [0.15, 0.2) is 0 Å². The van der Waals surface area contributed by atoms with Crippen molar-refractivity contribution in [2.45, 2.75) is 107 Å². The molecule has 12 heterocycles. The maximum absolute atomic E-state index is 6.04. The average Bonchev–Trinajstić information content (AvgIpc) is 1.63. The van der Waals surface area contributed by atoms with Gasteiger partial charge >= 0.3 is 0 Å². The number of aryl methyl sites for hydroxylation is 4. The maximum Gasteiger partial charge on any atom is 0.120 e. The summed E-state index contributed by atoms with van der Waals surface area (Å²) >= 11 is 0. The first-order valence-electron chi connectivity index (χ1n) is 45.5. The molecule has 4 radical (unpaired) electrons. The quantitative estimate of drug-likeness (QED) is 0.106. The van der Waals surface area contributed by atoms with E-state index in [1.54, 1.807) is 12.4 Å². The number of furan rings is 4. The average molecular weight is 2540 g/mol. The van der Waals surface area contributed by atoms with Crippen LogP contribution in [0.4, 0.5) is 0 Å². The normalized spacial score (nSPS) is 10.7. The Bertz CT molecular complexity index is 7430. The standard InChI is InChI=1S/2C19H14NO.2C17H10NO.4C12H13N2.4Ir/c2*1-12-10-17(20-11-13(12)2)16-8-5-7-15-14-6-3-4-9-18(14)21-19(15)16;2*1-2-10-16-12(6-1)13-7-5-8-14(17(13)19-16)15-9-3-4-11-18-15;4*1-10(2)14-9-8-13-12(14)11-6-4-3-5-7-11;;;;/h2*3-7,9-11H,1-2H3;2*1-7,9-11H;4*3-6,8-10H,1-2H3;;;;/q8*-1;;;;. The molecule has 0 unspecified atom stereocenters. The van der Waals surface area contributed by atoms with Gasteiger partial charge in [-0.05, 0) is 153 Å². The van der Waals surface area contributed by atoms with Crippen LogP contribution < -0.4 is 0 Å². The summed E-state index contributed by atoms with van der Waals surface area (Å²) < 4.78 is 32.6. The molecule has 0 amide bonds. The van der Waals surface area contributed by atoms with Crippen LogP contribution in [0.15, 0.2) is 383 Å². The van der Waals surface area contributed by atoms with Gasteiger partial charge in [0.2, 0.25) is 0 Å². The fourth-order valence-electron chi connectivity index (χ4n) is 15.9. The van der Waals surface area contributed by atoms with Crippen LogP contribution in [-0.4, -0.2) is 58.1 Å². The Labute approximate surface area is 870 Å². The Morgan fingerprint density at radius 2 is 0.464 bits per heavy atom. The molecule has 0 aliphatic rings. The van der Waals surface area contributed by atoms with Crippen molar-refractivity contribution >= 4 is 87.8 Å². The van der Waals surface area contributed by atoms with E-state index in [9.17, 15) is 0 Å². The van der Waals surface area contributed by atoms with Gasteiger partial charge in [-0.15, -0.1) is 216 Å². The van der Waals surface area contributed by atoms with Gasteiger partial charge in [0.25, 0.3) is 0 Å². The molecule has 0 fully saturated rings. The molecular weight excluding hydrogens is 2440 g/mol. The van der Waals surface area contributed by atoms with Gasteiger partial charge < -0.3 is 55.9 Å². The van der Waals surface area contributed by atoms with Crippen molar-refractivity contribution in [3.05, 3.63) is 436 Å². The van der Waals surface area contributed by atoms with E-state index in [-0.39, 0.29) is 80.4 Å². The zero-order valence-electron chi connectivity index (χ0n) is 79.3. The molecular formula is C120H100Ir4N12O4-8. The largest absolute Gasteiger partial charge is 0.501 e. The Hall–Kier alpha value is -14.1. The summed E-state index contributed by atoms with van der Waals surface area (Å²) in [6.45, 7) is 25.5. The number of fused-ring (bicyclic) bond motifs is 12. The monoisotopic (exact) mass is 2540 g/mol. The van der Waals surface area contributed by atoms with Crippen LogP contribution in [0.25, 0.3) is 178 Å². The molecule has 0 aliphatic heterocycles. The van der Waals surface area contributed by atoms with E-state index in [1.807, 2.05) is 317 Å². The molecule has 24 aromatic rings. The number of hydrogen-bond acceptors (Lipinski definition) is 12. The molecule has 0 atom stereocenters. The van der Waals surface area contributed by atoms with Crippen LogP contribution in [0.5, 0.6) is 0 Å². The first kappa shape index (κ1) is 103. The number of benzene rings is 12. The van der Waals surface area contributed by atoms with Crippen LogP contribution in [-0.2, 0) is 80.4 Å². The minimum Gasteiger partial charge on any atom is -0.501 e. The second kappa shape index (κ2) is 48.9. The minimum absolute atomic E-state index is 0. The second-order valence-corrected chi connectivity index (χ2v) is 33.6. The molecule has 0 aliphatic carbocycles. The molecule has 0 saturated heterocycles. The topological polar surface area (TPSA) is 175 Å². The van der Waals surface area contributed by atoms with Gasteiger partial charge in [0.1, 0.15) is 22.3 Å². The van der Waals surface area contributed by atoms with Crippen molar-refractivity contribution in [1.29, 1.82) is 0 Å². The Balaban J connectivity index is 0.000000135. The Morgan fingerprint density at radius 3 is 0.693 bits per heavy atom. The maximum atomic E-state index is 6.04. The molecule has 24 rings (SSSR count). The summed E-state index contributed by atoms with van der Waals surface area (Å²) in [5, 5.41) is 8.95. The summed E-state index contributed by atoms with van der Waals surface area (Å²) in [5.74, 6) is 3.95. The van der Waals surface area contributed by atoms with E-state index < -0.39 is 0 Å². The number of para-hydroxylation sites is 4. The smallest absolute Gasteiger partial charge is 0.120 e. The molecule has 0 saturated carbocycles. The van der Waals surface area contributed by atoms with Gasteiger partial charge in [0.05, 0.1) is 45.6 Å². The fourth-order valence-corrected chi connectivity index (χ4v) is 15.9. The number of hydrogen-bond donors (Lipinski definition) is 0. The van der Waals surface area contributed by atoms with E-state index >= 15 is 0 Å². The number of imidazole rings is 4. The zero-order valence-corrected chi connectivity index (χ0v) is 88.9. The van der Waals surface area contributed by atoms with Crippen molar-refractivity contribution in [2.24, 2.45) is 0 Å². The SMILES string of the molecule is CC(C)n1ccnc1-c1[c-]cccc1.CC(C)n1ccnc1-c1[c-]cccc1.CC(C)n1ccnc1-c1[c-]cccc1.CC(C)n1ccnc1-c1[c-]cccc1.Cc1cnc(-c2[c-]ccc3c2oc2ccccc23)cc1C.Cc1cnc(-c2[c-]ccc3c2oc2ccccc23)cc1C.[Ir].[Ir].[Ir].[Ir].[c-]1ccc2c(oc3ccccc32)c1-c1ccccn1.[c-]1ccc2c(oc3ccccc32)c1-c1ccccn1. The zero-order chi connectivity index (χ0) is 94.0. The molecule has 12 aromatic heterocycles. The fraction of sp³-hybridized carbons (Fsp3) is 0.133. The van der Waals surface area contributed by atoms with Gasteiger partial charge in [0, 0.05) is 200 Å². The van der Waals surface area contributed by atoms with Crippen molar-refractivity contribution in [2.75, 3.05) is 0 Å². The van der Waals surface area contributed by atoms with Crippen LogP contribution in [0.2, 0.25) is 0 Å². The number of aromatic nitrogens is 12. The van der Waals surface area contributed by atoms with Crippen LogP contribution in [0.1, 0.15) is 102 Å². The number of nitrogens with zero attached hydrogens (tertiary/aromatic N) is 12. The third kappa shape index (κ3) is 23.9. The third-order valence-electron chi connectivity index (χ3n) is 23.2. The molecule has 0 N–H and O–H groups in total. The molecule has 20 heteroatoms. The summed E-state index contributed by atoms with van der Waals surface area (Å²) in [5.41, 5.74) is 23.3. The predicted octanol–water partition coefficient (Wildman–Crippen LogP) is 30.7. The van der Waals surface area contributed by atoms with Gasteiger partial charge in [-0.1, -0.05) is 164 Å². The van der Waals surface area contributed by atoms with Gasteiger partial charge in [-0.3, -0.25) is 19.9 Å². The first-order valence-corrected chi connectivity index (χ1v) is 45.5. The third-order valence-corrected chi connectivity index (χ3v) is 23.2. The van der Waals surface area contributed by atoms with Gasteiger partial charge in [-0.25, -0.2) is 0 Å². The summed E-state index contributed by atoms with van der Waals surface area (Å²) in [4.78, 5) is 35.2. The molecule has 140 heavy (non-hydrogen) atoms. The molecule has 708 valence electrons. The summed E-state index contributed by atoms with van der Waals surface area (Å²) in [7, 11) is 0. The molecule has 0 spiro atoms. The van der Waals surface area contributed by atoms with E-state index in [0.717, 1.165) is 178 Å². The Morgan fingerprint density at radius 1 is 0.221 bits per heavy atom. The van der Waals surface area contributed by atoms with Crippen LogP contribution in [0, 0.1) is 76.2 Å². The van der Waals surface area contributed by atoms with Crippen LogP contribution >= 0.6 is 0 Å². The summed E-state index contributed by atoms with van der Waals surface area (Å²) in [6.07, 6.45) is 22.7. The first-order chi connectivity index (χ1) is 66.5. The molecule has 12 aromatic carbocycles. The molecule has 16 nitrogen and oxygen atoms in total. The second-order valence-electron chi connectivity index (χ2n) is 33.6. The van der Waals surface area contributed by atoms with E-state index in [4.69, 9.17) is 17.7 Å². The van der Waals surface area contributed by atoms with E-state index in [2.05, 4.69) is 226 Å². The van der Waals surface area contributed by atoms with Crippen molar-refractivity contribution in [3.63, 3.8) is 0 Å². The number of rotatable bonds is 12. The van der Waals surface area contributed by atoms with Gasteiger partial charge in [-0.2, -0.15) is 0 Å². The minimum atomic E-state index is 0. The van der Waals surface area contributed by atoms with E-state index in [0.29, 0.717) is 24.2 Å². The van der Waals surface area contributed by atoms with Crippen molar-refractivity contribution < 1.29 is 98.1 Å². The predicted molar refractivity (Wildman–Crippen MR) is 550 cm³/mol. The van der Waals surface area contributed by atoms with Crippen molar-refractivity contribution in [1.82, 2.24) is 58.1 Å². The molecule has 0 bridgehead atoms. The number of pyridine rings is 4. The van der Waals surface area contributed by atoms with Crippen molar-refractivity contribution in [3.8, 4) is 90.6 Å². The summed E-state index contributed by atoms with van der Waals surface area (Å²) in [6, 6.07) is 123. The van der Waals surface area contributed by atoms with E-state index in [1.165, 1.54) is 22.3 Å².